The van der Waals surface area contributed by atoms with Gasteiger partial charge >= 0.3 is 0 Å². The molecule has 0 amide bonds. The Kier molecular flexibility index (Phi) is 10.0. The van der Waals surface area contributed by atoms with Crippen LogP contribution in [0.15, 0.2) is 60.7 Å². The zero-order valence-electron chi connectivity index (χ0n) is 17.6. The molecule has 0 fully saturated rings. The summed E-state index contributed by atoms with van der Waals surface area (Å²) in [6, 6.07) is 17.8. The first-order chi connectivity index (χ1) is 13.4. The van der Waals surface area contributed by atoms with Crippen LogP contribution in [-0.2, 0) is 13.2 Å². The molecule has 0 heterocycles. The normalized spacial score (nSPS) is 10.8. The predicted molar refractivity (Wildman–Crippen MR) is 122 cm³/mol. The highest BCUT2D eigenvalue weighted by atomic mass is 35.5. The van der Waals surface area contributed by atoms with Crippen molar-refractivity contribution in [2.24, 2.45) is 5.41 Å². The van der Waals surface area contributed by atoms with Gasteiger partial charge in [0.15, 0.2) is 0 Å². The number of nitrogens with zero attached hydrogens (tertiary/aromatic N) is 2. The van der Waals surface area contributed by atoms with Crippen LogP contribution in [-0.4, -0.2) is 18.5 Å². The molecule has 2 rings (SSSR count). The topological polar surface area (TPSA) is 36.3 Å². The van der Waals surface area contributed by atoms with Gasteiger partial charge < -0.3 is 4.74 Å². The van der Waals surface area contributed by atoms with Gasteiger partial charge in [0.25, 0.3) is 0 Å². The molecule has 0 aromatic heterocycles. The van der Waals surface area contributed by atoms with Crippen LogP contribution >= 0.6 is 12.4 Å². The van der Waals surface area contributed by atoms with Gasteiger partial charge in [0, 0.05) is 24.1 Å². The second kappa shape index (κ2) is 12.0. The fourth-order valence-corrected chi connectivity index (χ4v) is 2.58. The van der Waals surface area contributed by atoms with Gasteiger partial charge in [-0.3, -0.25) is 4.90 Å². The molecule has 0 aliphatic carbocycles. The summed E-state index contributed by atoms with van der Waals surface area (Å²) in [7, 11) is 2.08. The van der Waals surface area contributed by atoms with Crippen molar-refractivity contribution in [1.82, 2.24) is 4.90 Å². The second-order valence-electron chi connectivity index (χ2n) is 7.82. The number of nitriles is 1. The minimum Gasteiger partial charge on any atom is -0.489 e. The minimum absolute atomic E-state index is 0. The van der Waals surface area contributed by atoms with Crippen molar-refractivity contribution in [1.29, 1.82) is 5.26 Å². The summed E-state index contributed by atoms with van der Waals surface area (Å²) in [6.07, 6.45) is 4.01. The van der Waals surface area contributed by atoms with E-state index in [9.17, 15) is 5.26 Å². The Labute approximate surface area is 181 Å². The summed E-state index contributed by atoms with van der Waals surface area (Å²) >= 11 is 0. The van der Waals surface area contributed by atoms with Crippen LogP contribution in [0.25, 0.3) is 0 Å². The highest BCUT2D eigenvalue weighted by Crippen LogP contribution is 2.17. The van der Waals surface area contributed by atoms with Crippen LogP contribution in [0.2, 0.25) is 0 Å². The zero-order chi connectivity index (χ0) is 20.4. The van der Waals surface area contributed by atoms with Gasteiger partial charge in [0.1, 0.15) is 12.4 Å². The monoisotopic (exact) mass is 408 g/mol. The molecule has 0 spiro atoms. The number of hydrogen-bond donors (Lipinski definition) is 0. The average molecular weight is 409 g/mol. The van der Waals surface area contributed by atoms with E-state index in [0.717, 1.165) is 24.4 Å². The molecule has 2 aromatic rings. The summed E-state index contributed by atoms with van der Waals surface area (Å²) in [5.74, 6) is 7.10. The molecule has 0 unspecified atom stereocenters. The highest BCUT2D eigenvalue weighted by molar-refractivity contribution is 5.85. The summed E-state index contributed by atoms with van der Waals surface area (Å²) in [5.41, 5.74) is 2.77. The Bertz CT molecular complexity index is 911. The lowest BCUT2D eigenvalue weighted by Gasteiger charge is -2.15. The molecule has 0 radical (unpaired) electrons. The molecule has 0 aliphatic rings. The van der Waals surface area contributed by atoms with E-state index < -0.39 is 0 Å². The van der Waals surface area contributed by atoms with E-state index in [-0.39, 0.29) is 17.8 Å². The fourth-order valence-electron chi connectivity index (χ4n) is 2.58. The molecule has 0 aliphatic heterocycles. The molecule has 2 aromatic carbocycles. The number of allylic oxidation sites excluding steroid dienone is 1. The average Bonchev–Trinajstić information content (AvgIpc) is 2.65. The number of rotatable bonds is 7. The second-order valence-corrected chi connectivity index (χ2v) is 7.82. The summed E-state index contributed by atoms with van der Waals surface area (Å²) < 4.78 is 5.90. The summed E-state index contributed by atoms with van der Waals surface area (Å²) in [6.45, 7) is 8.36. The lowest BCUT2D eigenvalue weighted by atomic mass is 9.98. The molecule has 29 heavy (non-hydrogen) atoms. The van der Waals surface area contributed by atoms with Crippen LogP contribution < -0.4 is 4.74 Å². The lowest BCUT2D eigenvalue weighted by molar-refractivity contribution is 0.304. The van der Waals surface area contributed by atoms with Gasteiger partial charge in [0.05, 0.1) is 11.6 Å². The van der Waals surface area contributed by atoms with Crippen LogP contribution in [0, 0.1) is 28.6 Å². The molecule has 3 nitrogen and oxygen atoms in total. The van der Waals surface area contributed by atoms with Crippen LogP contribution in [0.1, 0.15) is 37.5 Å². The first-order valence-corrected chi connectivity index (χ1v) is 9.43. The molecule has 0 saturated heterocycles. The smallest absolute Gasteiger partial charge is 0.120 e. The van der Waals surface area contributed by atoms with Gasteiger partial charge in [-0.15, -0.1) is 12.4 Å². The van der Waals surface area contributed by atoms with Gasteiger partial charge in [0.2, 0.25) is 0 Å². The largest absolute Gasteiger partial charge is 0.489 e. The Morgan fingerprint density at radius 2 is 1.86 bits per heavy atom. The quantitative estimate of drug-likeness (QED) is 0.559. The maximum Gasteiger partial charge on any atom is 0.120 e. The molecule has 0 saturated carbocycles. The van der Waals surface area contributed by atoms with Gasteiger partial charge in [-0.25, -0.2) is 0 Å². The van der Waals surface area contributed by atoms with Crippen molar-refractivity contribution >= 4 is 12.4 Å². The molecular weight excluding hydrogens is 380 g/mol. The van der Waals surface area contributed by atoms with Gasteiger partial charge in [-0.2, -0.15) is 5.26 Å². The van der Waals surface area contributed by atoms with E-state index in [2.05, 4.69) is 68.8 Å². The number of likely N-dealkylation sites (N-methyl/N-ethyl adjacent to an activating group) is 1. The Balaban J connectivity index is 0.00000420. The highest BCUT2D eigenvalue weighted by Gasteiger charge is 2.04. The first-order valence-electron chi connectivity index (χ1n) is 9.43. The summed E-state index contributed by atoms with van der Waals surface area (Å²) in [4.78, 5) is 2.22. The van der Waals surface area contributed by atoms with E-state index >= 15 is 0 Å². The van der Waals surface area contributed by atoms with Crippen LogP contribution in [0.4, 0.5) is 0 Å². The van der Waals surface area contributed by atoms with Crippen molar-refractivity contribution in [2.45, 2.75) is 33.9 Å². The van der Waals surface area contributed by atoms with Crippen LogP contribution in [0.5, 0.6) is 5.75 Å². The number of benzene rings is 2. The van der Waals surface area contributed by atoms with E-state index in [1.807, 2.05) is 42.5 Å². The third kappa shape index (κ3) is 9.35. The Morgan fingerprint density at radius 3 is 2.59 bits per heavy atom. The van der Waals surface area contributed by atoms with Crippen molar-refractivity contribution in [3.05, 3.63) is 77.4 Å². The zero-order valence-corrected chi connectivity index (χ0v) is 18.4. The molecule has 4 heteroatoms. The first kappa shape index (κ1) is 24.3. The minimum atomic E-state index is 0. The van der Waals surface area contributed by atoms with Crippen LogP contribution in [0.3, 0.4) is 0 Å². The van der Waals surface area contributed by atoms with Crippen molar-refractivity contribution < 1.29 is 4.74 Å². The summed E-state index contributed by atoms with van der Waals surface area (Å²) in [5, 5.41) is 9.18. The van der Waals surface area contributed by atoms with Crippen molar-refractivity contribution in [2.75, 3.05) is 13.6 Å². The fraction of sp³-hybridized carbons (Fsp3) is 0.320. The van der Waals surface area contributed by atoms with E-state index in [1.165, 1.54) is 5.56 Å². The van der Waals surface area contributed by atoms with Crippen molar-refractivity contribution in [3.8, 4) is 23.7 Å². The number of hydrogen-bond acceptors (Lipinski definition) is 3. The molecule has 0 bridgehead atoms. The Morgan fingerprint density at radius 1 is 1.10 bits per heavy atom. The standard InChI is InChI=1S/C25H28N2O.ClH/c1-25(2,3)15-8-5-9-16-27(4)19-21-11-10-14-24(17-21)28-20-23-13-7-6-12-22(23)18-26;/h5-7,9-14,17H,16,19-20H2,1-4H3;1H/b9-5+;. The molecule has 152 valence electrons. The van der Waals surface area contributed by atoms with E-state index in [1.54, 1.807) is 0 Å². The predicted octanol–water partition coefficient (Wildman–Crippen LogP) is 5.60. The maximum atomic E-state index is 9.18. The maximum absolute atomic E-state index is 9.18. The lowest BCUT2D eigenvalue weighted by Crippen LogP contribution is -2.17. The van der Waals surface area contributed by atoms with E-state index in [4.69, 9.17) is 4.74 Å². The SMILES string of the molecule is CN(C/C=C/C#CC(C)(C)C)Cc1cccc(OCc2ccccc2C#N)c1.Cl. The van der Waals surface area contributed by atoms with E-state index in [0.29, 0.717) is 12.2 Å². The Hall–Kier alpha value is -2.72. The third-order valence-electron chi connectivity index (χ3n) is 3.95. The van der Waals surface area contributed by atoms with Crippen molar-refractivity contribution in [3.63, 3.8) is 0 Å². The number of halogens is 1. The third-order valence-corrected chi connectivity index (χ3v) is 3.95. The van der Waals surface area contributed by atoms with Gasteiger partial charge in [-0.05, 0) is 57.7 Å². The molecular formula is C25H29ClN2O. The number of ether oxygens (including phenoxy) is 1. The van der Waals surface area contributed by atoms with Gasteiger partial charge in [-0.1, -0.05) is 48.2 Å². The molecule has 0 N–H and O–H groups in total. The molecule has 0 atom stereocenters.